The van der Waals surface area contributed by atoms with Crippen LogP contribution in [-0.4, -0.2) is 34.3 Å². The Morgan fingerprint density at radius 2 is 2.04 bits per heavy atom. The fraction of sp³-hybridized carbons (Fsp3) is 0.222. The molecule has 0 bridgehead atoms. The lowest BCUT2D eigenvalue weighted by molar-refractivity contribution is 0.102. The van der Waals surface area contributed by atoms with Crippen LogP contribution in [0.2, 0.25) is 5.02 Å². The van der Waals surface area contributed by atoms with Gasteiger partial charge in [-0.25, -0.2) is 0 Å². The number of sulfonamides is 1. The average Bonchev–Trinajstić information content (AvgIpc) is 2.64. The average molecular weight is 408 g/mol. The lowest BCUT2D eigenvalue weighted by Gasteiger charge is -2.25. The number of fused-ring (bicyclic) bond motifs is 1. The van der Waals surface area contributed by atoms with Crippen molar-refractivity contribution in [2.75, 3.05) is 23.9 Å². The third-order valence-corrected chi connectivity index (χ3v) is 5.56. The summed E-state index contributed by atoms with van der Waals surface area (Å²) in [7, 11) is -2.33. The topological polar surface area (TPSA) is 88.1 Å². The summed E-state index contributed by atoms with van der Waals surface area (Å²) >= 11 is 6.06. The molecule has 1 N–H and O–H groups in total. The third-order valence-electron chi connectivity index (χ3n) is 4.01. The standard InChI is InChI=1S/C18H18ClN3O4S/c1-3-8-22-11-20-27(24,25)17-9-12(4-6-15(17)22)18(23)21-13-5-7-16(26-2)14(19)10-13/h4-7,9-11H,3,8H2,1-2H3,(H,21,23). The number of ether oxygens (including phenoxy) is 1. The zero-order chi connectivity index (χ0) is 19.6. The molecule has 0 fully saturated rings. The van der Waals surface area contributed by atoms with Gasteiger partial charge in [0.2, 0.25) is 0 Å². The molecule has 2 aromatic carbocycles. The van der Waals surface area contributed by atoms with Crippen LogP contribution in [0.5, 0.6) is 5.75 Å². The number of hydrogen-bond acceptors (Lipinski definition) is 5. The first kappa shape index (κ1) is 19.2. The molecule has 3 rings (SSSR count). The van der Waals surface area contributed by atoms with Crippen molar-refractivity contribution in [3.63, 3.8) is 0 Å². The number of halogens is 1. The van der Waals surface area contributed by atoms with Crippen LogP contribution in [0.4, 0.5) is 11.4 Å². The Bertz CT molecular complexity index is 1020. The van der Waals surface area contributed by atoms with Crippen LogP contribution >= 0.6 is 11.6 Å². The lowest BCUT2D eigenvalue weighted by Crippen LogP contribution is -2.28. The van der Waals surface area contributed by atoms with E-state index in [0.29, 0.717) is 28.7 Å². The Hall–Kier alpha value is -2.58. The van der Waals surface area contributed by atoms with Gasteiger partial charge in [0, 0.05) is 17.8 Å². The van der Waals surface area contributed by atoms with E-state index in [-0.39, 0.29) is 10.5 Å². The highest BCUT2D eigenvalue weighted by Crippen LogP contribution is 2.31. The SMILES string of the molecule is CCCN1C=NS(=O)(=O)c2cc(C(=O)Nc3ccc(OC)c(Cl)c3)ccc21. The van der Waals surface area contributed by atoms with Gasteiger partial charge in [-0.15, -0.1) is 4.40 Å². The highest BCUT2D eigenvalue weighted by molar-refractivity contribution is 7.90. The largest absolute Gasteiger partial charge is 0.495 e. The number of nitrogens with one attached hydrogen (secondary N) is 1. The summed E-state index contributed by atoms with van der Waals surface area (Å²) in [6.45, 7) is 2.61. The normalized spacial score (nSPS) is 14.6. The molecule has 0 atom stereocenters. The predicted octanol–water partition coefficient (Wildman–Crippen LogP) is 3.55. The van der Waals surface area contributed by atoms with Gasteiger partial charge in [0.15, 0.2) is 0 Å². The Labute approximate surface area is 162 Å². The van der Waals surface area contributed by atoms with Gasteiger partial charge in [0.25, 0.3) is 15.9 Å². The molecule has 0 saturated heterocycles. The first-order chi connectivity index (χ1) is 12.9. The lowest BCUT2D eigenvalue weighted by atomic mass is 10.1. The molecule has 27 heavy (non-hydrogen) atoms. The molecule has 1 heterocycles. The van der Waals surface area contributed by atoms with Crippen molar-refractivity contribution >= 4 is 45.2 Å². The molecule has 0 unspecified atom stereocenters. The van der Waals surface area contributed by atoms with Crippen LogP contribution in [0, 0.1) is 0 Å². The summed E-state index contributed by atoms with van der Waals surface area (Å²) in [5, 5.41) is 3.05. The second kappa shape index (κ2) is 7.58. The van der Waals surface area contributed by atoms with E-state index in [9.17, 15) is 13.2 Å². The number of methoxy groups -OCH3 is 1. The highest BCUT2D eigenvalue weighted by Gasteiger charge is 2.26. The summed E-state index contributed by atoms with van der Waals surface area (Å²) in [6.07, 6.45) is 2.13. The van der Waals surface area contributed by atoms with Crippen molar-refractivity contribution in [2.45, 2.75) is 18.2 Å². The number of carbonyl (C=O) groups excluding carboxylic acids is 1. The zero-order valence-electron chi connectivity index (χ0n) is 14.8. The number of carbonyl (C=O) groups is 1. The maximum absolute atomic E-state index is 12.6. The maximum atomic E-state index is 12.6. The van der Waals surface area contributed by atoms with Gasteiger partial charge in [-0.2, -0.15) is 8.42 Å². The van der Waals surface area contributed by atoms with Crippen LogP contribution in [0.1, 0.15) is 23.7 Å². The number of rotatable bonds is 5. The van der Waals surface area contributed by atoms with Gasteiger partial charge in [-0.05, 0) is 42.8 Å². The Morgan fingerprint density at radius 1 is 1.26 bits per heavy atom. The number of hydrogen-bond donors (Lipinski definition) is 1. The molecule has 142 valence electrons. The fourth-order valence-corrected chi connectivity index (χ4v) is 4.04. The third kappa shape index (κ3) is 3.91. The molecule has 2 aromatic rings. The zero-order valence-corrected chi connectivity index (χ0v) is 16.3. The quantitative estimate of drug-likeness (QED) is 0.818. The molecule has 1 aliphatic rings. The molecule has 1 amide bonds. The van der Waals surface area contributed by atoms with Crippen molar-refractivity contribution in [1.29, 1.82) is 0 Å². The second-order valence-corrected chi connectivity index (χ2v) is 7.88. The molecule has 0 aromatic heterocycles. The van der Waals surface area contributed by atoms with Crippen molar-refractivity contribution in [3.05, 3.63) is 47.0 Å². The van der Waals surface area contributed by atoms with E-state index < -0.39 is 15.9 Å². The van der Waals surface area contributed by atoms with Crippen molar-refractivity contribution < 1.29 is 17.9 Å². The second-order valence-electron chi connectivity index (χ2n) is 5.88. The van der Waals surface area contributed by atoms with Crippen molar-refractivity contribution in [2.24, 2.45) is 4.40 Å². The molecular formula is C18H18ClN3O4S. The summed E-state index contributed by atoms with van der Waals surface area (Å²) in [4.78, 5) is 14.3. The first-order valence-electron chi connectivity index (χ1n) is 8.21. The number of nitrogens with zero attached hydrogens (tertiary/aromatic N) is 2. The molecule has 9 heteroatoms. The van der Waals surface area contributed by atoms with E-state index in [4.69, 9.17) is 16.3 Å². The molecule has 7 nitrogen and oxygen atoms in total. The maximum Gasteiger partial charge on any atom is 0.285 e. The minimum atomic E-state index is -3.83. The van der Waals surface area contributed by atoms with E-state index in [0.717, 1.165) is 6.42 Å². The van der Waals surface area contributed by atoms with Gasteiger partial charge in [0.1, 0.15) is 17.0 Å². The van der Waals surface area contributed by atoms with Gasteiger partial charge >= 0.3 is 0 Å². The van der Waals surface area contributed by atoms with Gasteiger partial charge in [-0.3, -0.25) is 4.79 Å². The van der Waals surface area contributed by atoms with E-state index in [1.807, 2.05) is 6.92 Å². The summed E-state index contributed by atoms with van der Waals surface area (Å²) in [6, 6.07) is 9.36. The minimum Gasteiger partial charge on any atom is -0.495 e. The first-order valence-corrected chi connectivity index (χ1v) is 10.0. The summed E-state index contributed by atoms with van der Waals surface area (Å²) in [5.41, 5.74) is 1.19. The smallest absolute Gasteiger partial charge is 0.285 e. The fourth-order valence-electron chi connectivity index (χ4n) is 2.70. The van der Waals surface area contributed by atoms with E-state index >= 15 is 0 Å². The Morgan fingerprint density at radius 3 is 2.70 bits per heavy atom. The summed E-state index contributed by atoms with van der Waals surface area (Å²) in [5.74, 6) is 0.0363. The van der Waals surface area contributed by atoms with Crippen LogP contribution in [-0.2, 0) is 10.0 Å². The van der Waals surface area contributed by atoms with E-state index in [1.54, 1.807) is 35.2 Å². The number of anilines is 2. The Kier molecular flexibility index (Phi) is 5.38. The highest BCUT2D eigenvalue weighted by atomic mass is 35.5. The monoisotopic (exact) mass is 407 g/mol. The van der Waals surface area contributed by atoms with E-state index in [2.05, 4.69) is 9.71 Å². The molecule has 0 spiro atoms. The van der Waals surface area contributed by atoms with Gasteiger partial charge in [-0.1, -0.05) is 18.5 Å². The van der Waals surface area contributed by atoms with Crippen molar-refractivity contribution in [1.82, 2.24) is 0 Å². The van der Waals surface area contributed by atoms with E-state index in [1.165, 1.54) is 19.5 Å². The molecule has 0 radical (unpaired) electrons. The van der Waals surface area contributed by atoms with Gasteiger partial charge < -0.3 is 15.0 Å². The van der Waals surface area contributed by atoms with Crippen LogP contribution < -0.4 is 15.0 Å². The van der Waals surface area contributed by atoms with Gasteiger partial charge in [0.05, 0.1) is 17.8 Å². The van der Waals surface area contributed by atoms with Crippen molar-refractivity contribution in [3.8, 4) is 5.75 Å². The number of benzene rings is 2. The summed E-state index contributed by atoms with van der Waals surface area (Å²) < 4.78 is 33.3. The molecule has 0 saturated carbocycles. The minimum absolute atomic E-state index is 0.0128. The predicted molar refractivity (Wildman–Crippen MR) is 106 cm³/mol. The Balaban J connectivity index is 1.90. The van der Waals surface area contributed by atoms with Crippen LogP contribution in [0.25, 0.3) is 0 Å². The molecule has 1 aliphatic heterocycles. The molecular weight excluding hydrogens is 390 g/mol. The molecule has 0 aliphatic carbocycles. The van der Waals surface area contributed by atoms with Crippen LogP contribution in [0.3, 0.4) is 0 Å². The number of amides is 1. The van der Waals surface area contributed by atoms with Crippen LogP contribution in [0.15, 0.2) is 45.7 Å².